The highest BCUT2D eigenvalue weighted by molar-refractivity contribution is 9.93. The summed E-state index contributed by atoms with van der Waals surface area (Å²) in [5.41, 5.74) is 5.67. The molecule has 1 aliphatic carbocycles. The minimum atomic E-state index is 1.14. The van der Waals surface area contributed by atoms with Crippen LogP contribution in [0.25, 0.3) is 11.1 Å². The fraction of sp³-hybridized carbons (Fsp3) is 0.143. The molecule has 0 aromatic heterocycles. The number of hydrogen-bond donors (Lipinski definition) is 0. The summed E-state index contributed by atoms with van der Waals surface area (Å²) in [5, 5.41) is 0. The first kappa shape index (κ1) is 14.8. The zero-order valence-electron chi connectivity index (χ0n) is 9.39. The molecule has 0 fully saturated rings. The van der Waals surface area contributed by atoms with E-state index >= 15 is 0 Å². The third-order valence-electron chi connectivity index (χ3n) is 3.09. The standard InChI is InChI=1S/C14H10Br2.Br2/c15-11-3-5-13-9(7-11)1-2-10-8-12(16)4-6-14(10)13;1-2/h3-8H,1-2H2;. The molecule has 2 aromatic carbocycles. The van der Waals surface area contributed by atoms with E-state index in [-0.39, 0.29) is 0 Å². The second-order valence-corrected chi connectivity index (χ2v) is 5.93. The lowest BCUT2D eigenvalue weighted by atomic mass is 9.86. The van der Waals surface area contributed by atoms with E-state index < -0.39 is 0 Å². The lowest BCUT2D eigenvalue weighted by Crippen LogP contribution is -2.03. The third kappa shape index (κ3) is 3.09. The van der Waals surface area contributed by atoms with Crippen molar-refractivity contribution in [3.8, 4) is 11.1 Å². The molecule has 18 heavy (non-hydrogen) atoms. The van der Waals surface area contributed by atoms with Crippen molar-refractivity contribution in [1.29, 1.82) is 0 Å². The molecule has 0 heterocycles. The van der Waals surface area contributed by atoms with E-state index in [9.17, 15) is 0 Å². The van der Waals surface area contributed by atoms with Gasteiger partial charge in [0.1, 0.15) is 0 Å². The Morgan fingerprint density at radius 3 is 1.44 bits per heavy atom. The number of fused-ring (bicyclic) bond motifs is 3. The molecule has 1 aliphatic rings. The van der Waals surface area contributed by atoms with Crippen LogP contribution in [0, 0.1) is 0 Å². The van der Waals surface area contributed by atoms with Crippen molar-refractivity contribution in [3.05, 3.63) is 56.5 Å². The molecule has 3 rings (SSSR count). The molecule has 0 saturated carbocycles. The van der Waals surface area contributed by atoms with Gasteiger partial charge in [0, 0.05) is 37.2 Å². The summed E-state index contributed by atoms with van der Waals surface area (Å²) in [6.07, 6.45) is 2.27. The number of hydrogen-bond acceptors (Lipinski definition) is 0. The molecule has 0 aliphatic heterocycles. The van der Waals surface area contributed by atoms with Crippen LogP contribution in [0.2, 0.25) is 0 Å². The van der Waals surface area contributed by atoms with Gasteiger partial charge in [-0.15, -0.1) is 0 Å². The minimum absolute atomic E-state index is 1.14. The summed E-state index contributed by atoms with van der Waals surface area (Å²) in [7, 11) is 0. The molecule has 0 N–H and O–H groups in total. The number of aryl methyl sites for hydroxylation is 2. The van der Waals surface area contributed by atoms with Gasteiger partial charge < -0.3 is 0 Å². The van der Waals surface area contributed by atoms with Crippen LogP contribution < -0.4 is 0 Å². The predicted molar refractivity (Wildman–Crippen MR) is 92.5 cm³/mol. The third-order valence-corrected chi connectivity index (χ3v) is 4.07. The van der Waals surface area contributed by atoms with Crippen molar-refractivity contribution in [1.82, 2.24) is 0 Å². The molecule has 94 valence electrons. The first-order valence-corrected chi connectivity index (χ1v) is 10.8. The van der Waals surface area contributed by atoms with Gasteiger partial charge in [0.15, 0.2) is 0 Å². The summed E-state index contributed by atoms with van der Waals surface area (Å²) < 4.78 is 2.35. The SMILES string of the molecule is BrBr.Brc1ccc2c(c1)CCc1cc(Br)ccc1-2. The van der Waals surface area contributed by atoms with Crippen molar-refractivity contribution in [2.75, 3.05) is 0 Å². The van der Waals surface area contributed by atoms with E-state index in [1.165, 1.54) is 31.2 Å². The van der Waals surface area contributed by atoms with Crippen LogP contribution in [0.3, 0.4) is 0 Å². The maximum Gasteiger partial charge on any atom is 0.0178 e. The van der Waals surface area contributed by atoms with Gasteiger partial charge in [-0.05, 0) is 59.4 Å². The fourth-order valence-corrected chi connectivity index (χ4v) is 3.15. The van der Waals surface area contributed by atoms with Crippen molar-refractivity contribution < 1.29 is 0 Å². The van der Waals surface area contributed by atoms with Crippen LogP contribution in [-0.4, -0.2) is 0 Å². The zero-order chi connectivity index (χ0) is 13.1. The maximum atomic E-state index is 3.53. The number of halogens is 4. The largest absolute Gasteiger partial charge is 0.0530 e. The van der Waals surface area contributed by atoms with Crippen molar-refractivity contribution in [2.24, 2.45) is 0 Å². The molecule has 0 radical (unpaired) electrons. The van der Waals surface area contributed by atoms with Gasteiger partial charge in [0.25, 0.3) is 0 Å². The predicted octanol–water partition coefficient (Wildman–Crippen LogP) is 6.67. The smallest absolute Gasteiger partial charge is 0.0178 e. The van der Waals surface area contributed by atoms with Crippen molar-refractivity contribution in [2.45, 2.75) is 12.8 Å². The van der Waals surface area contributed by atoms with Gasteiger partial charge in [-0.1, -0.05) is 44.0 Å². The van der Waals surface area contributed by atoms with E-state index in [0.717, 1.165) is 12.8 Å². The molecule has 0 amide bonds. The van der Waals surface area contributed by atoms with Crippen LogP contribution in [0.5, 0.6) is 0 Å². The molecule has 0 nitrogen and oxygen atoms in total. The zero-order valence-corrected chi connectivity index (χ0v) is 15.7. The van der Waals surface area contributed by atoms with E-state index in [0.29, 0.717) is 0 Å². The second kappa shape index (κ2) is 6.69. The van der Waals surface area contributed by atoms with Gasteiger partial charge in [-0.25, -0.2) is 0 Å². The van der Waals surface area contributed by atoms with Crippen LogP contribution in [0.1, 0.15) is 11.1 Å². The highest BCUT2D eigenvalue weighted by Crippen LogP contribution is 2.36. The molecule has 0 atom stereocenters. The Hall–Kier alpha value is 0.360. The normalized spacial score (nSPS) is 12.0. The average molecular weight is 498 g/mol. The minimum Gasteiger partial charge on any atom is -0.0530 e. The van der Waals surface area contributed by atoms with Crippen LogP contribution in [0.4, 0.5) is 0 Å². The quantitative estimate of drug-likeness (QED) is 0.381. The van der Waals surface area contributed by atoms with Gasteiger partial charge in [0.2, 0.25) is 0 Å². The summed E-state index contributed by atoms with van der Waals surface area (Å²) >= 11 is 12.6. The van der Waals surface area contributed by atoms with Crippen LogP contribution in [0.15, 0.2) is 45.3 Å². The Bertz CT molecular complexity index is 512. The van der Waals surface area contributed by atoms with Crippen molar-refractivity contribution in [3.63, 3.8) is 0 Å². The summed E-state index contributed by atoms with van der Waals surface area (Å²) in [6, 6.07) is 13.1. The van der Waals surface area contributed by atoms with Gasteiger partial charge in [0.05, 0.1) is 0 Å². The molecular formula is C14H10Br4. The van der Waals surface area contributed by atoms with E-state index in [4.69, 9.17) is 0 Å². The molecule has 0 spiro atoms. The van der Waals surface area contributed by atoms with Crippen molar-refractivity contribution >= 4 is 60.1 Å². The highest BCUT2D eigenvalue weighted by Gasteiger charge is 2.15. The topological polar surface area (TPSA) is 0 Å². The van der Waals surface area contributed by atoms with E-state index in [1.807, 2.05) is 0 Å². The molecule has 0 saturated heterocycles. The van der Waals surface area contributed by atoms with Crippen LogP contribution >= 0.6 is 60.1 Å². The van der Waals surface area contributed by atoms with Crippen LogP contribution in [-0.2, 0) is 12.8 Å². The highest BCUT2D eigenvalue weighted by atomic mass is 80.9. The maximum absolute atomic E-state index is 3.53. The average Bonchev–Trinajstić information content (AvgIpc) is 2.40. The Morgan fingerprint density at radius 2 is 1.06 bits per heavy atom. The lowest BCUT2D eigenvalue weighted by Gasteiger charge is -2.20. The number of rotatable bonds is 0. The molecule has 0 bridgehead atoms. The first-order chi connectivity index (χ1) is 8.74. The Labute approximate surface area is 139 Å². The molecular weight excluding hydrogens is 488 g/mol. The van der Waals surface area contributed by atoms with E-state index in [2.05, 4.69) is 96.5 Å². The Balaban J connectivity index is 0.000000574. The summed E-state index contributed by atoms with van der Waals surface area (Å²) in [5.74, 6) is 0. The molecule has 2 aromatic rings. The number of benzene rings is 2. The fourth-order valence-electron chi connectivity index (χ4n) is 2.33. The van der Waals surface area contributed by atoms with Gasteiger partial charge in [-0.2, -0.15) is 0 Å². The Kier molecular flexibility index (Phi) is 5.48. The molecule has 4 heteroatoms. The lowest BCUT2D eigenvalue weighted by molar-refractivity contribution is 0.939. The van der Waals surface area contributed by atoms with Gasteiger partial charge >= 0.3 is 0 Å². The summed E-state index contributed by atoms with van der Waals surface area (Å²) in [6.45, 7) is 0. The first-order valence-electron chi connectivity index (χ1n) is 5.45. The molecule has 0 unspecified atom stereocenters. The Morgan fingerprint density at radius 1 is 0.667 bits per heavy atom. The van der Waals surface area contributed by atoms with Gasteiger partial charge in [-0.3, -0.25) is 0 Å². The monoisotopic (exact) mass is 494 g/mol. The second-order valence-electron chi connectivity index (χ2n) is 4.10. The van der Waals surface area contributed by atoms with E-state index in [1.54, 1.807) is 0 Å². The summed E-state index contributed by atoms with van der Waals surface area (Å²) in [4.78, 5) is 0.